The molecule has 3 saturated heterocycles. The Kier molecular flexibility index (Phi) is 9.26. The average molecular weight is 517 g/mol. The fraction of sp³-hybridized carbons (Fsp3) is 0.667. The first kappa shape index (κ1) is 27.2. The topological polar surface area (TPSA) is 101 Å². The summed E-state index contributed by atoms with van der Waals surface area (Å²) in [5.41, 5.74) is 0.726. The lowest BCUT2D eigenvalue weighted by Gasteiger charge is -2.45. The molecule has 0 saturated carbocycles. The van der Waals surface area contributed by atoms with Gasteiger partial charge in [0.25, 0.3) is 5.91 Å². The van der Waals surface area contributed by atoms with Crippen LogP contribution in [0.4, 0.5) is 4.79 Å². The Morgan fingerprint density at radius 1 is 1.05 bits per heavy atom. The highest BCUT2D eigenvalue weighted by molar-refractivity contribution is 6.05. The van der Waals surface area contributed by atoms with E-state index in [1.807, 2.05) is 4.90 Å². The molecule has 0 spiro atoms. The van der Waals surface area contributed by atoms with Gasteiger partial charge in [-0.15, -0.1) is 0 Å². The summed E-state index contributed by atoms with van der Waals surface area (Å²) in [6.07, 6.45) is 5.87. The molecule has 0 radical (unpaired) electrons. The summed E-state index contributed by atoms with van der Waals surface area (Å²) in [5.74, 6) is 0.988. The molecule has 3 fully saturated rings. The normalized spacial score (nSPS) is 24.0. The van der Waals surface area contributed by atoms with E-state index in [0.29, 0.717) is 43.2 Å². The standard InChI is InChI=1S/C27H40N4O6/c1-35-14-13-30(18-20-7-6-12-29-11-5-4-8-22(20)29)25(32)16-21-26(33)31(27(34)28-21)17-19-9-10-23(36-2)24(15-19)37-3/h9-10,15,20-22H,4-8,11-14,16-18H2,1-3H3,(H,28,34)/t20-,21-,22+/m0/s1. The molecule has 10 nitrogen and oxygen atoms in total. The summed E-state index contributed by atoms with van der Waals surface area (Å²) in [7, 11) is 4.70. The van der Waals surface area contributed by atoms with Gasteiger partial charge in [-0.3, -0.25) is 14.5 Å². The highest BCUT2D eigenvalue weighted by Crippen LogP contribution is 2.32. The first-order valence-electron chi connectivity index (χ1n) is 13.3. The minimum atomic E-state index is -0.872. The molecule has 1 aromatic rings. The quantitative estimate of drug-likeness (QED) is 0.450. The molecule has 3 aliphatic rings. The molecule has 10 heteroatoms. The molecule has 0 aromatic heterocycles. The number of hydrogen-bond donors (Lipinski definition) is 1. The van der Waals surface area contributed by atoms with E-state index in [9.17, 15) is 14.4 Å². The van der Waals surface area contributed by atoms with Crippen LogP contribution in [0, 0.1) is 5.92 Å². The Bertz CT molecular complexity index is 970. The number of carbonyl (C=O) groups excluding carboxylic acids is 3. The Labute approximate surface area is 219 Å². The number of methoxy groups -OCH3 is 3. The second kappa shape index (κ2) is 12.6. The Morgan fingerprint density at radius 2 is 1.84 bits per heavy atom. The maximum atomic E-state index is 13.4. The van der Waals surface area contributed by atoms with Crippen LogP contribution < -0.4 is 14.8 Å². The van der Waals surface area contributed by atoms with E-state index in [1.54, 1.807) is 32.4 Å². The summed E-state index contributed by atoms with van der Waals surface area (Å²) in [6, 6.07) is 4.41. The summed E-state index contributed by atoms with van der Waals surface area (Å²) < 4.78 is 15.9. The maximum absolute atomic E-state index is 13.4. The Morgan fingerprint density at radius 3 is 2.59 bits per heavy atom. The van der Waals surface area contributed by atoms with Gasteiger partial charge in [-0.1, -0.05) is 12.5 Å². The molecule has 4 rings (SSSR count). The molecule has 3 aliphatic heterocycles. The van der Waals surface area contributed by atoms with Crippen LogP contribution in [0.5, 0.6) is 11.5 Å². The molecular formula is C27H40N4O6. The fourth-order valence-corrected chi connectivity index (χ4v) is 5.92. The fourth-order valence-electron chi connectivity index (χ4n) is 5.92. The number of hydrogen-bond acceptors (Lipinski definition) is 7. The van der Waals surface area contributed by atoms with Crippen LogP contribution in [0.25, 0.3) is 0 Å². The summed E-state index contributed by atoms with van der Waals surface area (Å²) in [6.45, 7) is 3.94. The second-order valence-corrected chi connectivity index (χ2v) is 10.2. The van der Waals surface area contributed by atoms with Crippen molar-refractivity contribution < 1.29 is 28.6 Å². The zero-order valence-corrected chi connectivity index (χ0v) is 22.2. The van der Waals surface area contributed by atoms with Crippen molar-refractivity contribution in [3.63, 3.8) is 0 Å². The van der Waals surface area contributed by atoms with E-state index in [1.165, 1.54) is 26.4 Å². The lowest BCUT2D eigenvalue weighted by atomic mass is 9.83. The van der Waals surface area contributed by atoms with Crippen LogP contribution in [0.15, 0.2) is 18.2 Å². The molecule has 4 amide bonds. The van der Waals surface area contributed by atoms with Crippen LogP contribution >= 0.6 is 0 Å². The SMILES string of the molecule is COCCN(C[C@@H]1CCCN2CCCC[C@H]12)C(=O)C[C@@H]1NC(=O)N(Cc2ccc(OC)c(OC)c2)C1=O. The number of nitrogens with zero attached hydrogens (tertiary/aromatic N) is 3. The number of piperidine rings is 2. The van der Waals surface area contributed by atoms with Gasteiger partial charge in [0.1, 0.15) is 6.04 Å². The van der Waals surface area contributed by atoms with E-state index in [0.717, 1.165) is 36.4 Å². The monoisotopic (exact) mass is 516 g/mol. The smallest absolute Gasteiger partial charge is 0.325 e. The van der Waals surface area contributed by atoms with E-state index >= 15 is 0 Å². The molecule has 1 N–H and O–H groups in total. The lowest BCUT2D eigenvalue weighted by molar-refractivity contribution is -0.137. The molecule has 37 heavy (non-hydrogen) atoms. The van der Waals surface area contributed by atoms with Crippen molar-refractivity contribution in [2.75, 3.05) is 54.1 Å². The predicted molar refractivity (Wildman–Crippen MR) is 137 cm³/mol. The largest absolute Gasteiger partial charge is 0.493 e. The van der Waals surface area contributed by atoms with Crippen LogP contribution in [-0.4, -0.2) is 98.7 Å². The number of fused-ring (bicyclic) bond motifs is 1. The van der Waals surface area contributed by atoms with Crippen molar-refractivity contribution in [3.8, 4) is 11.5 Å². The molecule has 3 atom stereocenters. The number of urea groups is 1. The van der Waals surface area contributed by atoms with E-state index in [-0.39, 0.29) is 18.9 Å². The molecule has 1 aromatic carbocycles. The van der Waals surface area contributed by atoms with Crippen molar-refractivity contribution in [1.29, 1.82) is 0 Å². The van der Waals surface area contributed by atoms with E-state index in [2.05, 4.69) is 10.2 Å². The number of ether oxygens (including phenoxy) is 3. The number of benzene rings is 1. The Hall–Kier alpha value is -2.85. The number of imide groups is 1. The van der Waals surface area contributed by atoms with Gasteiger partial charge < -0.3 is 29.3 Å². The van der Waals surface area contributed by atoms with Gasteiger partial charge in [-0.2, -0.15) is 0 Å². The number of nitrogens with one attached hydrogen (secondary N) is 1. The maximum Gasteiger partial charge on any atom is 0.325 e. The molecule has 204 valence electrons. The summed E-state index contributed by atoms with van der Waals surface area (Å²) in [5, 5.41) is 2.71. The minimum absolute atomic E-state index is 0.0577. The third-order valence-electron chi connectivity index (χ3n) is 7.88. The van der Waals surface area contributed by atoms with Crippen LogP contribution in [0.1, 0.15) is 44.1 Å². The highest BCUT2D eigenvalue weighted by atomic mass is 16.5. The van der Waals surface area contributed by atoms with Crippen molar-refractivity contribution in [3.05, 3.63) is 23.8 Å². The zero-order chi connectivity index (χ0) is 26.4. The van der Waals surface area contributed by atoms with Crippen LogP contribution in [0.2, 0.25) is 0 Å². The number of carbonyl (C=O) groups is 3. The van der Waals surface area contributed by atoms with E-state index in [4.69, 9.17) is 14.2 Å². The third kappa shape index (κ3) is 6.35. The number of rotatable bonds is 11. The van der Waals surface area contributed by atoms with Gasteiger partial charge in [0.15, 0.2) is 11.5 Å². The number of amides is 4. The average Bonchev–Trinajstić information content (AvgIpc) is 3.18. The molecule has 3 heterocycles. The first-order chi connectivity index (χ1) is 17.9. The minimum Gasteiger partial charge on any atom is -0.493 e. The van der Waals surface area contributed by atoms with Gasteiger partial charge in [0.05, 0.1) is 33.8 Å². The van der Waals surface area contributed by atoms with Crippen molar-refractivity contribution in [2.45, 2.75) is 57.2 Å². The van der Waals surface area contributed by atoms with E-state index < -0.39 is 18.0 Å². The van der Waals surface area contributed by atoms with Gasteiger partial charge in [0.2, 0.25) is 5.91 Å². The van der Waals surface area contributed by atoms with Crippen molar-refractivity contribution in [1.82, 2.24) is 20.0 Å². The Balaban J connectivity index is 1.39. The molecule has 0 unspecified atom stereocenters. The van der Waals surface area contributed by atoms with Crippen molar-refractivity contribution in [2.24, 2.45) is 5.92 Å². The molecule has 0 bridgehead atoms. The van der Waals surface area contributed by atoms with Gasteiger partial charge in [-0.25, -0.2) is 4.79 Å². The lowest BCUT2D eigenvalue weighted by Crippen LogP contribution is -2.52. The third-order valence-corrected chi connectivity index (χ3v) is 7.88. The van der Waals surface area contributed by atoms with Crippen molar-refractivity contribution >= 4 is 17.8 Å². The highest BCUT2D eigenvalue weighted by Gasteiger charge is 2.41. The first-order valence-corrected chi connectivity index (χ1v) is 13.3. The van der Waals surface area contributed by atoms with Gasteiger partial charge in [-0.05, 0) is 62.4 Å². The van der Waals surface area contributed by atoms with Crippen LogP contribution in [0.3, 0.4) is 0 Å². The van der Waals surface area contributed by atoms with Crippen LogP contribution in [-0.2, 0) is 20.9 Å². The molecule has 0 aliphatic carbocycles. The zero-order valence-electron chi connectivity index (χ0n) is 22.2. The summed E-state index contributed by atoms with van der Waals surface area (Å²) in [4.78, 5) is 44.8. The summed E-state index contributed by atoms with van der Waals surface area (Å²) >= 11 is 0. The molecular weight excluding hydrogens is 476 g/mol. The second-order valence-electron chi connectivity index (χ2n) is 10.2. The van der Waals surface area contributed by atoms with Gasteiger partial charge >= 0.3 is 6.03 Å². The predicted octanol–water partition coefficient (Wildman–Crippen LogP) is 2.25. The van der Waals surface area contributed by atoms with Gasteiger partial charge in [0, 0.05) is 26.2 Å².